The van der Waals surface area contributed by atoms with Crippen LogP contribution in [0.15, 0.2) is 18.2 Å². The Labute approximate surface area is 121 Å². The second-order valence-electron chi connectivity index (χ2n) is 5.18. The number of hydrogen-bond donors (Lipinski definition) is 1. The van der Waals surface area contributed by atoms with Gasteiger partial charge in [-0.15, -0.1) is 0 Å². The molecule has 108 valence electrons. The predicted molar refractivity (Wildman–Crippen MR) is 83.1 cm³/mol. The van der Waals surface area contributed by atoms with Gasteiger partial charge in [0, 0.05) is 19.6 Å². The van der Waals surface area contributed by atoms with Gasteiger partial charge < -0.3 is 14.9 Å². The van der Waals surface area contributed by atoms with Gasteiger partial charge in [-0.05, 0) is 45.1 Å². The Bertz CT molecular complexity index is 394. The summed E-state index contributed by atoms with van der Waals surface area (Å²) in [6.45, 7) is 6.85. The van der Waals surface area contributed by atoms with Crippen molar-refractivity contribution in [2.45, 2.75) is 26.4 Å². The standard InChI is InChI=1S/C15H25ClN2O/c1-5-8-18(10-9-17(3)4)15-7-6-13(12(2)19)11-14(15)16/h6-7,11-12,19H,5,8-10H2,1-4H3/t12-/m1/s1. The van der Waals surface area contributed by atoms with Gasteiger partial charge in [0.15, 0.2) is 0 Å². The van der Waals surface area contributed by atoms with Crippen LogP contribution in [0, 0.1) is 0 Å². The van der Waals surface area contributed by atoms with E-state index >= 15 is 0 Å². The maximum absolute atomic E-state index is 9.58. The monoisotopic (exact) mass is 284 g/mol. The Kier molecular flexibility index (Phi) is 6.63. The van der Waals surface area contributed by atoms with Gasteiger partial charge in [-0.2, -0.15) is 0 Å². The van der Waals surface area contributed by atoms with E-state index in [0.717, 1.165) is 37.3 Å². The van der Waals surface area contributed by atoms with Crippen molar-refractivity contribution in [2.75, 3.05) is 38.6 Å². The van der Waals surface area contributed by atoms with Crippen molar-refractivity contribution in [2.24, 2.45) is 0 Å². The lowest BCUT2D eigenvalue weighted by molar-refractivity contribution is 0.199. The minimum Gasteiger partial charge on any atom is -0.389 e. The summed E-state index contributed by atoms with van der Waals surface area (Å²) in [5, 5.41) is 10.3. The van der Waals surface area contributed by atoms with E-state index in [1.807, 2.05) is 18.2 Å². The fourth-order valence-electron chi connectivity index (χ4n) is 1.98. The molecule has 0 spiro atoms. The number of hydrogen-bond acceptors (Lipinski definition) is 3. The number of aliphatic hydroxyl groups excluding tert-OH is 1. The quantitative estimate of drug-likeness (QED) is 0.833. The maximum Gasteiger partial charge on any atom is 0.0762 e. The number of aliphatic hydroxyl groups is 1. The highest BCUT2D eigenvalue weighted by molar-refractivity contribution is 6.33. The summed E-state index contributed by atoms with van der Waals surface area (Å²) in [4.78, 5) is 4.47. The minimum absolute atomic E-state index is 0.479. The molecule has 0 heterocycles. The first-order chi connectivity index (χ1) is 8.95. The fourth-order valence-corrected chi connectivity index (χ4v) is 2.29. The summed E-state index contributed by atoms with van der Waals surface area (Å²) in [5.41, 5.74) is 1.91. The highest BCUT2D eigenvalue weighted by atomic mass is 35.5. The first kappa shape index (κ1) is 16.3. The van der Waals surface area contributed by atoms with E-state index in [1.165, 1.54) is 0 Å². The Morgan fingerprint density at radius 2 is 1.89 bits per heavy atom. The zero-order chi connectivity index (χ0) is 14.4. The molecule has 0 saturated heterocycles. The summed E-state index contributed by atoms with van der Waals surface area (Å²) in [5.74, 6) is 0. The summed E-state index contributed by atoms with van der Waals surface area (Å²) in [6.07, 6.45) is 0.606. The van der Waals surface area contributed by atoms with Gasteiger partial charge in [0.1, 0.15) is 0 Å². The fraction of sp³-hybridized carbons (Fsp3) is 0.600. The van der Waals surface area contributed by atoms with Gasteiger partial charge in [-0.3, -0.25) is 0 Å². The molecule has 0 bridgehead atoms. The van der Waals surface area contributed by atoms with E-state index in [9.17, 15) is 5.11 Å². The minimum atomic E-state index is -0.479. The molecule has 0 radical (unpaired) electrons. The molecular weight excluding hydrogens is 260 g/mol. The number of halogens is 1. The predicted octanol–water partition coefficient (Wildman–Crippen LogP) is 3.17. The molecule has 0 unspecified atom stereocenters. The zero-order valence-electron chi connectivity index (χ0n) is 12.4. The number of nitrogens with zero attached hydrogens (tertiary/aromatic N) is 2. The first-order valence-electron chi connectivity index (χ1n) is 6.83. The van der Waals surface area contributed by atoms with Crippen LogP contribution in [0.1, 0.15) is 31.9 Å². The third kappa shape index (κ3) is 5.01. The molecule has 3 nitrogen and oxygen atoms in total. The maximum atomic E-state index is 9.58. The molecule has 0 amide bonds. The van der Waals surface area contributed by atoms with Crippen LogP contribution in [0.5, 0.6) is 0 Å². The highest BCUT2D eigenvalue weighted by Gasteiger charge is 2.12. The molecule has 0 aromatic heterocycles. The van der Waals surface area contributed by atoms with E-state index in [1.54, 1.807) is 6.92 Å². The van der Waals surface area contributed by atoms with Gasteiger partial charge in [-0.25, -0.2) is 0 Å². The van der Waals surface area contributed by atoms with E-state index in [0.29, 0.717) is 5.02 Å². The van der Waals surface area contributed by atoms with Crippen molar-refractivity contribution in [3.8, 4) is 0 Å². The van der Waals surface area contributed by atoms with Crippen molar-refractivity contribution in [3.63, 3.8) is 0 Å². The molecule has 0 aliphatic heterocycles. The Balaban J connectivity index is 2.89. The van der Waals surface area contributed by atoms with Gasteiger partial charge in [-0.1, -0.05) is 24.6 Å². The molecule has 0 fully saturated rings. The van der Waals surface area contributed by atoms with E-state index in [-0.39, 0.29) is 0 Å². The van der Waals surface area contributed by atoms with Crippen LogP contribution in [0.3, 0.4) is 0 Å². The molecule has 1 atom stereocenters. The molecule has 4 heteroatoms. The second-order valence-corrected chi connectivity index (χ2v) is 5.58. The Morgan fingerprint density at radius 1 is 1.21 bits per heavy atom. The topological polar surface area (TPSA) is 26.7 Å². The van der Waals surface area contributed by atoms with Crippen molar-refractivity contribution in [1.29, 1.82) is 0 Å². The van der Waals surface area contributed by atoms with Gasteiger partial charge in [0.25, 0.3) is 0 Å². The first-order valence-corrected chi connectivity index (χ1v) is 7.20. The van der Waals surface area contributed by atoms with E-state index in [2.05, 4.69) is 30.8 Å². The Morgan fingerprint density at radius 3 is 2.37 bits per heavy atom. The van der Waals surface area contributed by atoms with E-state index < -0.39 is 6.10 Å². The number of rotatable bonds is 7. The number of anilines is 1. The van der Waals surface area contributed by atoms with Gasteiger partial charge in [0.2, 0.25) is 0 Å². The van der Waals surface area contributed by atoms with Crippen LogP contribution in [-0.4, -0.2) is 43.7 Å². The number of likely N-dealkylation sites (N-methyl/N-ethyl adjacent to an activating group) is 1. The summed E-state index contributed by atoms with van der Waals surface area (Å²) < 4.78 is 0. The summed E-state index contributed by atoms with van der Waals surface area (Å²) in [6, 6.07) is 5.82. The molecule has 0 saturated carbocycles. The molecule has 19 heavy (non-hydrogen) atoms. The van der Waals surface area contributed by atoms with Crippen LogP contribution in [0.2, 0.25) is 5.02 Å². The average Bonchev–Trinajstić information content (AvgIpc) is 2.34. The molecule has 1 aromatic rings. The van der Waals surface area contributed by atoms with Crippen molar-refractivity contribution < 1.29 is 5.11 Å². The van der Waals surface area contributed by atoms with Crippen molar-refractivity contribution in [3.05, 3.63) is 28.8 Å². The highest BCUT2D eigenvalue weighted by Crippen LogP contribution is 2.29. The molecule has 1 N–H and O–H groups in total. The van der Waals surface area contributed by atoms with Crippen LogP contribution in [-0.2, 0) is 0 Å². The van der Waals surface area contributed by atoms with Crippen LogP contribution >= 0.6 is 11.6 Å². The smallest absolute Gasteiger partial charge is 0.0762 e. The third-order valence-corrected chi connectivity index (χ3v) is 3.41. The SMILES string of the molecule is CCCN(CCN(C)C)c1ccc([C@@H](C)O)cc1Cl. The zero-order valence-corrected chi connectivity index (χ0v) is 13.1. The molecule has 1 aromatic carbocycles. The molecule has 0 aliphatic carbocycles. The largest absolute Gasteiger partial charge is 0.389 e. The lowest BCUT2D eigenvalue weighted by Crippen LogP contribution is -2.32. The molecule has 0 aliphatic rings. The molecular formula is C15H25ClN2O. The van der Waals surface area contributed by atoms with Crippen LogP contribution < -0.4 is 4.90 Å². The van der Waals surface area contributed by atoms with Crippen molar-refractivity contribution in [1.82, 2.24) is 4.90 Å². The van der Waals surface area contributed by atoms with Crippen LogP contribution in [0.4, 0.5) is 5.69 Å². The van der Waals surface area contributed by atoms with Gasteiger partial charge >= 0.3 is 0 Å². The Hall–Kier alpha value is -0.770. The summed E-state index contributed by atoms with van der Waals surface area (Å²) >= 11 is 6.35. The number of benzene rings is 1. The molecule has 1 rings (SSSR count). The third-order valence-electron chi connectivity index (χ3n) is 3.11. The van der Waals surface area contributed by atoms with Crippen LogP contribution in [0.25, 0.3) is 0 Å². The van der Waals surface area contributed by atoms with E-state index in [4.69, 9.17) is 11.6 Å². The lowest BCUT2D eigenvalue weighted by Gasteiger charge is -2.27. The average molecular weight is 285 g/mol. The van der Waals surface area contributed by atoms with Gasteiger partial charge in [0.05, 0.1) is 16.8 Å². The summed E-state index contributed by atoms with van der Waals surface area (Å²) in [7, 11) is 4.14. The normalized spacial score (nSPS) is 12.8. The van der Waals surface area contributed by atoms with Crippen molar-refractivity contribution >= 4 is 17.3 Å². The lowest BCUT2D eigenvalue weighted by atomic mass is 10.1. The second kappa shape index (κ2) is 7.73.